The Kier molecular flexibility index (Phi) is 7.20. The topological polar surface area (TPSA) is 77.0 Å². The standard InChI is InChI=1S/C27H21ClN2O4/c1-33-25-15-18(9-14-24(25)34-27(32)20-10-12-22(28)13-11-20)17-29-30-26(31)16-21-7-4-6-19-5-2-3-8-23(19)21/h2-15,17H,16H2,1H3,(H,30,31)/b29-17-. The Morgan fingerprint density at radius 2 is 1.71 bits per heavy atom. The first kappa shape index (κ1) is 23.0. The van der Waals surface area contributed by atoms with Crippen LogP contribution in [0.1, 0.15) is 21.5 Å². The third-order valence-corrected chi connectivity index (χ3v) is 5.36. The number of rotatable bonds is 7. The van der Waals surface area contributed by atoms with E-state index in [1.807, 2.05) is 42.5 Å². The Hall–Kier alpha value is -4.16. The van der Waals surface area contributed by atoms with Gasteiger partial charge in [-0.05, 0) is 64.4 Å². The van der Waals surface area contributed by atoms with E-state index in [2.05, 4.69) is 10.5 Å². The van der Waals surface area contributed by atoms with E-state index in [-0.39, 0.29) is 18.1 Å². The van der Waals surface area contributed by atoms with Crippen LogP contribution in [0.2, 0.25) is 5.02 Å². The average molecular weight is 473 g/mol. The van der Waals surface area contributed by atoms with Crippen LogP contribution in [0.3, 0.4) is 0 Å². The van der Waals surface area contributed by atoms with Crippen LogP contribution in [0.15, 0.2) is 90.0 Å². The van der Waals surface area contributed by atoms with Crippen LogP contribution in [0.4, 0.5) is 0 Å². The van der Waals surface area contributed by atoms with E-state index in [0.717, 1.165) is 16.3 Å². The van der Waals surface area contributed by atoms with Crippen molar-refractivity contribution in [1.82, 2.24) is 5.43 Å². The van der Waals surface area contributed by atoms with Crippen molar-refractivity contribution in [3.8, 4) is 11.5 Å². The molecule has 0 fully saturated rings. The number of fused-ring (bicyclic) bond motifs is 1. The van der Waals surface area contributed by atoms with Gasteiger partial charge in [0.15, 0.2) is 11.5 Å². The fourth-order valence-electron chi connectivity index (χ4n) is 3.43. The number of hydrogen-bond acceptors (Lipinski definition) is 5. The number of amides is 1. The van der Waals surface area contributed by atoms with E-state index >= 15 is 0 Å². The molecule has 4 aromatic carbocycles. The van der Waals surface area contributed by atoms with Gasteiger partial charge in [-0.25, -0.2) is 10.2 Å². The molecule has 170 valence electrons. The number of carbonyl (C=O) groups excluding carboxylic acids is 2. The Morgan fingerprint density at radius 1 is 0.941 bits per heavy atom. The Bertz CT molecular complexity index is 1360. The lowest BCUT2D eigenvalue weighted by Gasteiger charge is -2.10. The van der Waals surface area contributed by atoms with E-state index in [1.54, 1.807) is 42.5 Å². The minimum Gasteiger partial charge on any atom is -0.493 e. The van der Waals surface area contributed by atoms with Crippen LogP contribution < -0.4 is 14.9 Å². The molecule has 6 nitrogen and oxygen atoms in total. The van der Waals surface area contributed by atoms with Crippen molar-refractivity contribution in [2.75, 3.05) is 7.11 Å². The van der Waals surface area contributed by atoms with Crippen molar-refractivity contribution in [2.45, 2.75) is 6.42 Å². The third-order valence-electron chi connectivity index (χ3n) is 5.10. The van der Waals surface area contributed by atoms with Gasteiger partial charge in [0.25, 0.3) is 0 Å². The molecule has 34 heavy (non-hydrogen) atoms. The second-order valence-electron chi connectivity index (χ2n) is 7.41. The van der Waals surface area contributed by atoms with Gasteiger partial charge >= 0.3 is 5.97 Å². The Morgan fingerprint density at radius 3 is 2.50 bits per heavy atom. The van der Waals surface area contributed by atoms with E-state index in [1.165, 1.54) is 13.3 Å². The molecular formula is C27H21ClN2O4. The molecule has 0 unspecified atom stereocenters. The number of benzene rings is 4. The first-order valence-corrected chi connectivity index (χ1v) is 10.9. The quantitative estimate of drug-likeness (QED) is 0.169. The summed E-state index contributed by atoms with van der Waals surface area (Å²) in [6.45, 7) is 0. The first-order chi connectivity index (χ1) is 16.5. The third kappa shape index (κ3) is 5.60. The average Bonchev–Trinajstić information content (AvgIpc) is 2.85. The predicted molar refractivity (Wildman–Crippen MR) is 133 cm³/mol. The minimum absolute atomic E-state index is 0.210. The molecule has 0 aliphatic heterocycles. The number of hydrogen-bond donors (Lipinski definition) is 1. The van der Waals surface area contributed by atoms with Gasteiger partial charge in [-0.3, -0.25) is 4.79 Å². The molecule has 0 radical (unpaired) electrons. The summed E-state index contributed by atoms with van der Waals surface area (Å²) in [4.78, 5) is 24.7. The summed E-state index contributed by atoms with van der Waals surface area (Å²) in [5, 5.41) is 6.69. The molecule has 0 saturated heterocycles. The predicted octanol–water partition coefficient (Wildman–Crippen LogP) is 5.41. The van der Waals surface area contributed by atoms with Gasteiger partial charge in [0.1, 0.15) is 0 Å². The summed E-state index contributed by atoms with van der Waals surface area (Å²) in [7, 11) is 1.47. The fraction of sp³-hybridized carbons (Fsp3) is 0.0741. The van der Waals surface area contributed by atoms with Crippen LogP contribution in [-0.2, 0) is 11.2 Å². The lowest BCUT2D eigenvalue weighted by molar-refractivity contribution is -0.120. The molecule has 0 aliphatic carbocycles. The van der Waals surface area contributed by atoms with E-state index in [4.69, 9.17) is 21.1 Å². The number of carbonyl (C=O) groups is 2. The maximum atomic E-state index is 12.4. The summed E-state index contributed by atoms with van der Waals surface area (Å²) in [5.41, 5.74) is 4.51. The number of esters is 1. The number of nitrogens with zero attached hydrogens (tertiary/aromatic N) is 1. The molecule has 0 aromatic heterocycles. The van der Waals surface area contributed by atoms with Crippen LogP contribution in [-0.4, -0.2) is 25.2 Å². The smallest absolute Gasteiger partial charge is 0.343 e. The van der Waals surface area contributed by atoms with Crippen LogP contribution in [0.25, 0.3) is 10.8 Å². The van der Waals surface area contributed by atoms with Gasteiger partial charge < -0.3 is 9.47 Å². The molecule has 1 N–H and O–H groups in total. The zero-order valence-corrected chi connectivity index (χ0v) is 19.1. The number of halogens is 1. The van der Waals surface area contributed by atoms with Gasteiger partial charge in [-0.1, -0.05) is 54.1 Å². The highest BCUT2D eigenvalue weighted by atomic mass is 35.5. The van der Waals surface area contributed by atoms with E-state index < -0.39 is 5.97 Å². The van der Waals surface area contributed by atoms with Gasteiger partial charge in [-0.15, -0.1) is 0 Å². The van der Waals surface area contributed by atoms with Crippen LogP contribution >= 0.6 is 11.6 Å². The van der Waals surface area contributed by atoms with E-state index in [9.17, 15) is 9.59 Å². The largest absolute Gasteiger partial charge is 0.493 e. The summed E-state index contributed by atoms with van der Waals surface area (Å²) in [6.07, 6.45) is 1.70. The maximum absolute atomic E-state index is 12.4. The summed E-state index contributed by atoms with van der Waals surface area (Å²) >= 11 is 5.86. The molecule has 0 aliphatic rings. The lowest BCUT2D eigenvalue weighted by atomic mass is 10.0. The highest BCUT2D eigenvalue weighted by molar-refractivity contribution is 6.30. The Balaban J connectivity index is 1.39. The van der Waals surface area contributed by atoms with Crippen molar-refractivity contribution in [3.05, 3.63) is 107 Å². The second kappa shape index (κ2) is 10.6. The molecule has 0 spiro atoms. The molecule has 4 aromatic rings. The monoisotopic (exact) mass is 472 g/mol. The van der Waals surface area contributed by atoms with Gasteiger partial charge in [-0.2, -0.15) is 5.10 Å². The molecular weight excluding hydrogens is 452 g/mol. The number of ether oxygens (including phenoxy) is 2. The summed E-state index contributed by atoms with van der Waals surface area (Å²) in [5.74, 6) is -0.141. The van der Waals surface area contributed by atoms with Gasteiger partial charge in [0.05, 0.1) is 25.3 Å². The van der Waals surface area contributed by atoms with Crippen LogP contribution in [0, 0.1) is 0 Å². The number of methoxy groups -OCH3 is 1. The fourth-order valence-corrected chi connectivity index (χ4v) is 3.56. The maximum Gasteiger partial charge on any atom is 0.343 e. The van der Waals surface area contributed by atoms with Crippen LogP contribution in [0.5, 0.6) is 11.5 Å². The molecule has 0 saturated carbocycles. The highest BCUT2D eigenvalue weighted by Gasteiger charge is 2.13. The van der Waals surface area contributed by atoms with Gasteiger partial charge in [0.2, 0.25) is 5.91 Å². The Labute approximate surface area is 201 Å². The summed E-state index contributed by atoms with van der Waals surface area (Å²) < 4.78 is 10.8. The zero-order chi connectivity index (χ0) is 23.9. The molecule has 0 heterocycles. The van der Waals surface area contributed by atoms with Crippen molar-refractivity contribution in [2.24, 2.45) is 5.10 Å². The van der Waals surface area contributed by atoms with E-state index in [0.29, 0.717) is 21.9 Å². The SMILES string of the molecule is COc1cc(/C=N\NC(=O)Cc2cccc3ccccc23)ccc1OC(=O)c1ccc(Cl)cc1. The van der Waals surface area contributed by atoms with Crippen molar-refractivity contribution >= 4 is 40.5 Å². The molecule has 0 atom stereocenters. The normalized spacial score (nSPS) is 10.9. The van der Waals surface area contributed by atoms with Crippen molar-refractivity contribution < 1.29 is 19.1 Å². The molecule has 7 heteroatoms. The zero-order valence-electron chi connectivity index (χ0n) is 18.3. The second-order valence-corrected chi connectivity index (χ2v) is 7.85. The number of hydrazone groups is 1. The molecule has 0 bridgehead atoms. The number of nitrogens with one attached hydrogen (secondary N) is 1. The minimum atomic E-state index is -0.530. The summed E-state index contributed by atoms with van der Waals surface area (Å²) in [6, 6.07) is 25.2. The van der Waals surface area contributed by atoms with Crippen molar-refractivity contribution in [3.63, 3.8) is 0 Å². The molecule has 1 amide bonds. The highest BCUT2D eigenvalue weighted by Crippen LogP contribution is 2.28. The lowest BCUT2D eigenvalue weighted by Crippen LogP contribution is -2.19. The first-order valence-electron chi connectivity index (χ1n) is 10.5. The van der Waals surface area contributed by atoms with Gasteiger partial charge in [0, 0.05) is 5.02 Å². The molecule has 4 rings (SSSR count). The van der Waals surface area contributed by atoms with Crippen molar-refractivity contribution in [1.29, 1.82) is 0 Å².